The van der Waals surface area contributed by atoms with E-state index in [1.807, 2.05) is 31.2 Å². The molecule has 0 atom stereocenters. The van der Waals surface area contributed by atoms with Gasteiger partial charge in [0.15, 0.2) is 6.61 Å². The number of nitrogens with zero attached hydrogens (tertiary/aromatic N) is 2. The molecule has 0 aliphatic rings. The van der Waals surface area contributed by atoms with E-state index in [-0.39, 0.29) is 12.5 Å². The van der Waals surface area contributed by atoms with Gasteiger partial charge in [-0.2, -0.15) is 0 Å². The van der Waals surface area contributed by atoms with Gasteiger partial charge < -0.3 is 14.8 Å². The van der Waals surface area contributed by atoms with Crippen LogP contribution in [0, 0.1) is 0 Å². The molecular formula is C18H17N3O3. The standard InChI is InChI=1S/C18H17N3O3/c1-2-23-14-9-7-13(8-10-14)21-17(22)11-24-18-15-5-3-4-6-16(15)19-12-20-18/h3-10,12H,2,11H2,1H3,(H,21,22). The van der Waals surface area contributed by atoms with Crippen molar-refractivity contribution < 1.29 is 14.3 Å². The van der Waals surface area contributed by atoms with Crippen molar-refractivity contribution in [2.45, 2.75) is 6.92 Å². The van der Waals surface area contributed by atoms with Gasteiger partial charge in [-0.3, -0.25) is 4.79 Å². The Morgan fingerprint density at radius 3 is 2.62 bits per heavy atom. The van der Waals surface area contributed by atoms with Crippen molar-refractivity contribution in [1.29, 1.82) is 0 Å². The summed E-state index contributed by atoms with van der Waals surface area (Å²) in [4.78, 5) is 20.3. The number of fused-ring (bicyclic) bond motifs is 1. The summed E-state index contributed by atoms with van der Waals surface area (Å²) < 4.78 is 10.9. The quantitative estimate of drug-likeness (QED) is 0.755. The van der Waals surface area contributed by atoms with E-state index in [1.165, 1.54) is 6.33 Å². The Bertz CT molecular complexity index is 829. The Kier molecular flexibility index (Phi) is 4.86. The van der Waals surface area contributed by atoms with Crippen LogP contribution in [0.1, 0.15) is 6.92 Å². The van der Waals surface area contributed by atoms with Crippen molar-refractivity contribution in [3.8, 4) is 11.6 Å². The maximum absolute atomic E-state index is 12.0. The van der Waals surface area contributed by atoms with Crippen molar-refractivity contribution in [3.05, 3.63) is 54.9 Å². The minimum atomic E-state index is -0.262. The van der Waals surface area contributed by atoms with Gasteiger partial charge in [0.1, 0.15) is 12.1 Å². The molecule has 1 aromatic heterocycles. The molecule has 0 unspecified atom stereocenters. The first-order valence-electron chi connectivity index (χ1n) is 7.61. The van der Waals surface area contributed by atoms with E-state index in [0.29, 0.717) is 18.2 Å². The molecule has 1 N–H and O–H groups in total. The van der Waals surface area contributed by atoms with Gasteiger partial charge in [0.05, 0.1) is 17.5 Å². The highest BCUT2D eigenvalue weighted by Crippen LogP contribution is 2.20. The van der Waals surface area contributed by atoms with Crippen LogP contribution in [0.4, 0.5) is 5.69 Å². The maximum atomic E-state index is 12.0. The molecule has 3 rings (SSSR count). The molecule has 1 amide bonds. The third kappa shape index (κ3) is 3.78. The number of rotatable bonds is 6. The van der Waals surface area contributed by atoms with Crippen LogP contribution >= 0.6 is 0 Å². The summed E-state index contributed by atoms with van der Waals surface area (Å²) in [6.45, 7) is 2.39. The molecule has 2 aromatic carbocycles. The molecule has 0 aliphatic carbocycles. The number of nitrogens with one attached hydrogen (secondary N) is 1. The molecule has 0 aliphatic heterocycles. The average molecular weight is 323 g/mol. The van der Waals surface area contributed by atoms with Crippen LogP contribution in [0.2, 0.25) is 0 Å². The lowest BCUT2D eigenvalue weighted by Crippen LogP contribution is -2.20. The van der Waals surface area contributed by atoms with E-state index in [2.05, 4.69) is 15.3 Å². The van der Waals surface area contributed by atoms with Crippen molar-refractivity contribution in [1.82, 2.24) is 9.97 Å². The number of carbonyl (C=O) groups is 1. The van der Waals surface area contributed by atoms with E-state index in [1.54, 1.807) is 24.3 Å². The fraction of sp³-hybridized carbons (Fsp3) is 0.167. The predicted octanol–water partition coefficient (Wildman–Crippen LogP) is 3.05. The van der Waals surface area contributed by atoms with Crippen LogP contribution in [-0.2, 0) is 4.79 Å². The molecule has 0 bridgehead atoms. The van der Waals surface area contributed by atoms with Gasteiger partial charge in [-0.05, 0) is 43.3 Å². The van der Waals surface area contributed by atoms with Crippen molar-refractivity contribution >= 4 is 22.5 Å². The Labute approximate surface area is 139 Å². The number of anilines is 1. The summed E-state index contributed by atoms with van der Waals surface area (Å²) in [5.41, 5.74) is 1.45. The number of para-hydroxylation sites is 1. The van der Waals surface area contributed by atoms with Crippen LogP contribution in [-0.4, -0.2) is 29.1 Å². The van der Waals surface area contributed by atoms with Crippen molar-refractivity contribution in [3.63, 3.8) is 0 Å². The number of hydrogen-bond donors (Lipinski definition) is 1. The smallest absolute Gasteiger partial charge is 0.262 e. The molecule has 0 saturated heterocycles. The van der Waals surface area contributed by atoms with E-state index in [9.17, 15) is 4.79 Å². The Balaban J connectivity index is 1.60. The van der Waals surface area contributed by atoms with E-state index >= 15 is 0 Å². The monoisotopic (exact) mass is 323 g/mol. The molecule has 0 spiro atoms. The molecule has 0 fully saturated rings. The second kappa shape index (κ2) is 7.41. The fourth-order valence-corrected chi connectivity index (χ4v) is 2.23. The normalized spacial score (nSPS) is 10.4. The molecule has 6 nitrogen and oxygen atoms in total. The fourth-order valence-electron chi connectivity index (χ4n) is 2.23. The van der Waals surface area contributed by atoms with Crippen LogP contribution in [0.3, 0.4) is 0 Å². The highest BCUT2D eigenvalue weighted by atomic mass is 16.5. The van der Waals surface area contributed by atoms with E-state index in [0.717, 1.165) is 16.7 Å². The summed E-state index contributed by atoms with van der Waals surface area (Å²) in [7, 11) is 0. The number of aromatic nitrogens is 2. The lowest BCUT2D eigenvalue weighted by molar-refractivity contribution is -0.118. The predicted molar refractivity (Wildman–Crippen MR) is 91.3 cm³/mol. The minimum Gasteiger partial charge on any atom is -0.494 e. The van der Waals surface area contributed by atoms with E-state index < -0.39 is 0 Å². The van der Waals surface area contributed by atoms with Gasteiger partial charge in [0.25, 0.3) is 5.91 Å². The molecule has 0 saturated carbocycles. The summed E-state index contributed by atoms with van der Waals surface area (Å²) >= 11 is 0. The topological polar surface area (TPSA) is 73.3 Å². The van der Waals surface area contributed by atoms with Gasteiger partial charge in [0, 0.05) is 5.69 Å². The first kappa shape index (κ1) is 15.7. The number of benzene rings is 2. The Morgan fingerprint density at radius 2 is 1.83 bits per heavy atom. The minimum absolute atomic E-state index is 0.131. The van der Waals surface area contributed by atoms with Gasteiger partial charge in [-0.25, -0.2) is 9.97 Å². The number of ether oxygens (including phenoxy) is 2. The third-order valence-corrected chi connectivity index (χ3v) is 3.30. The lowest BCUT2D eigenvalue weighted by Gasteiger charge is -2.09. The molecule has 24 heavy (non-hydrogen) atoms. The third-order valence-electron chi connectivity index (χ3n) is 3.30. The number of hydrogen-bond acceptors (Lipinski definition) is 5. The highest BCUT2D eigenvalue weighted by Gasteiger charge is 2.08. The largest absolute Gasteiger partial charge is 0.494 e. The second-order valence-electron chi connectivity index (χ2n) is 4.99. The average Bonchev–Trinajstić information content (AvgIpc) is 2.62. The highest BCUT2D eigenvalue weighted by molar-refractivity contribution is 5.92. The zero-order valence-corrected chi connectivity index (χ0v) is 13.2. The van der Waals surface area contributed by atoms with Crippen LogP contribution in [0.15, 0.2) is 54.9 Å². The van der Waals surface area contributed by atoms with Gasteiger partial charge in [0.2, 0.25) is 5.88 Å². The lowest BCUT2D eigenvalue weighted by atomic mass is 10.2. The van der Waals surface area contributed by atoms with Crippen LogP contribution in [0.5, 0.6) is 11.6 Å². The Morgan fingerprint density at radius 1 is 1.04 bits per heavy atom. The first-order chi connectivity index (χ1) is 11.8. The maximum Gasteiger partial charge on any atom is 0.262 e. The first-order valence-corrected chi connectivity index (χ1v) is 7.61. The van der Waals surface area contributed by atoms with Crippen molar-refractivity contribution in [2.75, 3.05) is 18.5 Å². The van der Waals surface area contributed by atoms with Crippen LogP contribution < -0.4 is 14.8 Å². The molecule has 0 radical (unpaired) electrons. The molecule has 122 valence electrons. The zero-order valence-electron chi connectivity index (χ0n) is 13.2. The van der Waals surface area contributed by atoms with Crippen LogP contribution in [0.25, 0.3) is 10.9 Å². The summed E-state index contributed by atoms with van der Waals surface area (Å²) in [6.07, 6.45) is 1.42. The summed E-state index contributed by atoms with van der Waals surface area (Å²) in [5, 5.41) is 3.54. The molecule has 3 aromatic rings. The van der Waals surface area contributed by atoms with E-state index in [4.69, 9.17) is 9.47 Å². The molecule has 1 heterocycles. The van der Waals surface area contributed by atoms with Gasteiger partial charge in [-0.1, -0.05) is 12.1 Å². The second-order valence-corrected chi connectivity index (χ2v) is 4.99. The molecule has 6 heteroatoms. The number of carbonyl (C=O) groups excluding carboxylic acids is 1. The Hall–Kier alpha value is -3.15. The molecular weight excluding hydrogens is 306 g/mol. The summed E-state index contributed by atoms with van der Waals surface area (Å²) in [5.74, 6) is 0.892. The van der Waals surface area contributed by atoms with Crippen molar-refractivity contribution in [2.24, 2.45) is 0 Å². The van der Waals surface area contributed by atoms with Gasteiger partial charge in [-0.15, -0.1) is 0 Å². The van der Waals surface area contributed by atoms with Gasteiger partial charge >= 0.3 is 0 Å². The SMILES string of the molecule is CCOc1ccc(NC(=O)COc2ncnc3ccccc23)cc1. The zero-order chi connectivity index (χ0) is 16.8. The summed E-state index contributed by atoms with van der Waals surface area (Å²) in [6, 6.07) is 14.6. The number of amides is 1.